The monoisotopic (exact) mass is 941 g/mol. The Morgan fingerprint density at radius 3 is 1.25 bits per heavy atom. The van der Waals surface area contributed by atoms with Crippen LogP contribution in [0.4, 0.5) is 0 Å². The molecule has 388 valence electrons. The van der Waals surface area contributed by atoms with Gasteiger partial charge in [0.2, 0.25) is 0 Å². The van der Waals surface area contributed by atoms with Crippen molar-refractivity contribution in [2.75, 3.05) is 41.0 Å². The van der Waals surface area contributed by atoms with Crippen molar-refractivity contribution in [3.63, 3.8) is 0 Å². The maximum atomic E-state index is 12.8. The van der Waals surface area contributed by atoms with Gasteiger partial charge in [-0.25, -0.2) is 4.79 Å². The standard InChI is InChI=1S/C59H105NO7/c1-6-8-10-12-14-16-18-20-22-24-26-28-29-30-32-33-35-37-39-41-43-45-47-49-57(61)66-54-55(53-65-52-51-56(59(63)64)60(3,4)5)67-58(62)50-48-46-44-42-40-38-36-34-31-27-25-23-21-19-17-15-13-11-9-7-2/h9,11,15,17,21,23,27,30-32,55-56H,6-8,10,12-14,16,18-20,22,24-26,28-29,33-54H2,1-5H3/p+1/b11-9+,17-15+,23-21+,31-27+,32-30+. The molecule has 0 saturated heterocycles. The van der Waals surface area contributed by atoms with E-state index in [-0.39, 0.29) is 36.2 Å². The summed E-state index contributed by atoms with van der Waals surface area (Å²) in [6.45, 7) is 4.64. The van der Waals surface area contributed by atoms with Crippen molar-refractivity contribution < 1.29 is 38.2 Å². The molecule has 0 heterocycles. The number of rotatable bonds is 50. The molecule has 0 spiro atoms. The van der Waals surface area contributed by atoms with Crippen LogP contribution in [0.5, 0.6) is 0 Å². The van der Waals surface area contributed by atoms with Gasteiger partial charge in [0.15, 0.2) is 12.1 Å². The van der Waals surface area contributed by atoms with E-state index in [1.165, 1.54) is 135 Å². The normalized spacial score (nSPS) is 13.3. The first-order valence-corrected chi connectivity index (χ1v) is 27.8. The molecule has 0 amide bonds. The molecule has 0 saturated carbocycles. The summed E-state index contributed by atoms with van der Waals surface area (Å²) in [6, 6.07) is -0.620. The second-order valence-corrected chi connectivity index (χ2v) is 19.8. The minimum Gasteiger partial charge on any atom is -0.477 e. The quantitative estimate of drug-likeness (QED) is 0.0281. The highest BCUT2D eigenvalue weighted by Crippen LogP contribution is 2.16. The molecule has 0 fully saturated rings. The molecule has 0 rings (SSSR count). The van der Waals surface area contributed by atoms with E-state index in [0.29, 0.717) is 19.3 Å². The zero-order chi connectivity index (χ0) is 49.2. The van der Waals surface area contributed by atoms with Gasteiger partial charge >= 0.3 is 17.9 Å². The Kier molecular flexibility index (Phi) is 47.3. The van der Waals surface area contributed by atoms with Gasteiger partial charge in [0.05, 0.1) is 34.4 Å². The van der Waals surface area contributed by atoms with Crippen LogP contribution in [0.15, 0.2) is 60.8 Å². The predicted molar refractivity (Wildman–Crippen MR) is 284 cm³/mol. The maximum absolute atomic E-state index is 12.8. The summed E-state index contributed by atoms with van der Waals surface area (Å²) in [4.78, 5) is 37.2. The SMILES string of the molecule is CC/C=C/C/C=C/C/C=C/C/C=C/CCCCCCCCCC(=O)OC(COCCC(C(=O)O)[N+](C)(C)C)COC(=O)CCCCCCCCC/C=C/CCCCCCCCCCCCCC. The zero-order valence-corrected chi connectivity index (χ0v) is 44.3. The molecule has 67 heavy (non-hydrogen) atoms. The first-order valence-electron chi connectivity index (χ1n) is 27.8. The number of esters is 2. The van der Waals surface area contributed by atoms with Gasteiger partial charge in [-0.3, -0.25) is 9.59 Å². The van der Waals surface area contributed by atoms with Gasteiger partial charge in [-0.2, -0.15) is 0 Å². The number of hydrogen-bond donors (Lipinski definition) is 1. The number of quaternary nitrogens is 1. The Bertz CT molecular complexity index is 1280. The van der Waals surface area contributed by atoms with Crippen molar-refractivity contribution in [2.24, 2.45) is 0 Å². The lowest BCUT2D eigenvalue weighted by molar-refractivity contribution is -0.887. The summed E-state index contributed by atoms with van der Waals surface area (Å²) in [6.07, 6.45) is 62.8. The Hall–Kier alpha value is -2.97. The van der Waals surface area contributed by atoms with E-state index in [2.05, 4.69) is 74.6 Å². The number of ether oxygens (including phenoxy) is 3. The number of hydrogen-bond acceptors (Lipinski definition) is 6. The van der Waals surface area contributed by atoms with Crippen molar-refractivity contribution in [2.45, 2.75) is 257 Å². The molecule has 2 atom stereocenters. The Balaban J connectivity index is 4.21. The maximum Gasteiger partial charge on any atom is 0.362 e. The van der Waals surface area contributed by atoms with E-state index in [0.717, 1.165) is 77.0 Å². The van der Waals surface area contributed by atoms with E-state index < -0.39 is 18.1 Å². The molecule has 8 nitrogen and oxygen atoms in total. The fourth-order valence-corrected chi connectivity index (χ4v) is 8.14. The van der Waals surface area contributed by atoms with E-state index >= 15 is 0 Å². The highest BCUT2D eigenvalue weighted by Gasteiger charge is 2.31. The van der Waals surface area contributed by atoms with Crippen LogP contribution in [-0.4, -0.2) is 80.6 Å². The summed E-state index contributed by atoms with van der Waals surface area (Å²) in [5.41, 5.74) is 0. The summed E-state index contributed by atoms with van der Waals surface area (Å²) in [7, 11) is 5.53. The van der Waals surface area contributed by atoms with Crippen LogP contribution in [0, 0.1) is 0 Å². The summed E-state index contributed by atoms with van der Waals surface area (Å²) in [5, 5.41) is 9.67. The summed E-state index contributed by atoms with van der Waals surface area (Å²) < 4.78 is 17.4. The summed E-state index contributed by atoms with van der Waals surface area (Å²) in [5.74, 6) is -1.48. The number of nitrogens with zero attached hydrogens (tertiary/aromatic N) is 1. The third-order valence-electron chi connectivity index (χ3n) is 12.4. The third-order valence-corrected chi connectivity index (χ3v) is 12.4. The van der Waals surface area contributed by atoms with Crippen molar-refractivity contribution in [1.29, 1.82) is 0 Å². The van der Waals surface area contributed by atoms with Crippen LogP contribution in [-0.2, 0) is 28.6 Å². The van der Waals surface area contributed by atoms with Crippen molar-refractivity contribution >= 4 is 17.9 Å². The van der Waals surface area contributed by atoms with Gasteiger partial charge in [-0.05, 0) is 77.0 Å². The zero-order valence-electron chi connectivity index (χ0n) is 44.3. The fraction of sp³-hybridized carbons (Fsp3) is 0.780. The molecular weight excluding hydrogens is 835 g/mol. The van der Waals surface area contributed by atoms with Crippen LogP contribution in [0.25, 0.3) is 0 Å². The first kappa shape index (κ1) is 64.0. The number of carbonyl (C=O) groups is 3. The van der Waals surface area contributed by atoms with Crippen molar-refractivity contribution in [3.05, 3.63) is 60.8 Å². The lowest BCUT2D eigenvalue weighted by Crippen LogP contribution is -2.50. The highest BCUT2D eigenvalue weighted by atomic mass is 16.6. The largest absolute Gasteiger partial charge is 0.477 e. The van der Waals surface area contributed by atoms with Crippen LogP contribution in [0.3, 0.4) is 0 Å². The van der Waals surface area contributed by atoms with Gasteiger partial charge < -0.3 is 23.8 Å². The van der Waals surface area contributed by atoms with E-state index in [1.807, 2.05) is 21.1 Å². The molecule has 0 bridgehead atoms. The van der Waals surface area contributed by atoms with Crippen LogP contribution >= 0.6 is 0 Å². The Morgan fingerprint density at radius 1 is 0.463 bits per heavy atom. The highest BCUT2D eigenvalue weighted by molar-refractivity contribution is 5.72. The fourth-order valence-electron chi connectivity index (χ4n) is 8.14. The number of unbranched alkanes of at least 4 members (excludes halogenated alkanes) is 26. The molecule has 0 aliphatic rings. The summed E-state index contributed by atoms with van der Waals surface area (Å²) >= 11 is 0. The van der Waals surface area contributed by atoms with Gasteiger partial charge in [-0.1, -0.05) is 209 Å². The van der Waals surface area contributed by atoms with Crippen LogP contribution < -0.4 is 0 Å². The second-order valence-electron chi connectivity index (χ2n) is 19.8. The average molecular weight is 941 g/mol. The van der Waals surface area contributed by atoms with Gasteiger partial charge in [0.1, 0.15) is 6.61 Å². The molecule has 2 unspecified atom stereocenters. The molecular formula is C59H106NO7+. The van der Waals surface area contributed by atoms with Crippen LogP contribution in [0.2, 0.25) is 0 Å². The number of carboxylic acid groups (broad SMARTS) is 1. The number of carbonyl (C=O) groups excluding carboxylic acids is 2. The molecule has 1 N–H and O–H groups in total. The third kappa shape index (κ3) is 47.9. The Labute approximate surface area is 413 Å². The number of likely N-dealkylation sites (N-methyl/N-ethyl adjacent to an activating group) is 1. The lowest BCUT2D eigenvalue weighted by atomic mass is 10.0. The van der Waals surface area contributed by atoms with E-state index in [1.54, 1.807) is 0 Å². The van der Waals surface area contributed by atoms with E-state index in [9.17, 15) is 19.5 Å². The minimum atomic E-state index is -0.877. The smallest absolute Gasteiger partial charge is 0.362 e. The van der Waals surface area contributed by atoms with Crippen LogP contribution in [0.1, 0.15) is 245 Å². The van der Waals surface area contributed by atoms with Gasteiger partial charge in [0, 0.05) is 19.3 Å². The van der Waals surface area contributed by atoms with E-state index in [4.69, 9.17) is 14.2 Å². The molecule has 0 aliphatic carbocycles. The predicted octanol–water partition coefficient (Wildman–Crippen LogP) is 16.5. The van der Waals surface area contributed by atoms with Crippen molar-refractivity contribution in [1.82, 2.24) is 0 Å². The topological polar surface area (TPSA) is 99.1 Å². The first-order chi connectivity index (χ1) is 32.6. The molecule has 0 aromatic rings. The molecule has 0 aromatic carbocycles. The molecule has 0 aromatic heterocycles. The number of aliphatic carboxylic acids is 1. The average Bonchev–Trinajstić information content (AvgIpc) is 3.29. The lowest BCUT2D eigenvalue weighted by Gasteiger charge is -2.31. The van der Waals surface area contributed by atoms with Gasteiger partial charge in [0.25, 0.3) is 0 Å². The second kappa shape index (κ2) is 49.5. The van der Waals surface area contributed by atoms with Gasteiger partial charge in [-0.15, -0.1) is 0 Å². The Morgan fingerprint density at radius 2 is 0.836 bits per heavy atom. The molecule has 8 heteroatoms. The number of allylic oxidation sites excluding steroid dienone is 10. The van der Waals surface area contributed by atoms with Crippen molar-refractivity contribution in [3.8, 4) is 0 Å². The molecule has 0 radical (unpaired) electrons. The minimum absolute atomic E-state index is 0.0542. The number of carboxylic acids is 1. The molecule has 0 aliphatic heterocycles.